The Kier molecular flexibility index (Phi) is 3.98. The number of rotatable bonds is 2. The molecule has 3 aromatic rings. The lowest BCUT2D eigenvalue weighted by Gasteiger charge is -2.32. The largest absolute Gasteiger partial charge is 0.314 e. The molecule has 0 radical (unpaired) electrons. The minimum atomic E-state index is -1.12. The van der Waals surface area contributed by atoms with Crippen molar-refractivity contribution in [1.82, 2.24) is 9.78 Å². The Morgan fingerprint density at radius 2 is 1.79 bits per heavy atom. The van der Waals surface area contributed by atoms with Gasteiger partial charge in [0, 0.05) is 34.8 Å². The standard InChI is InChI=1S/C21H16Cl2N4O2/c1-26-17-7-6-14(23)8-15(17)21(20(26)29)9-18(28)25-19-16(21)10-24-27(19)11-12-2-4-13(22)5-3-12/h2-8,10H,9,11H2,1H3,(H,25,28)/t21-/m1/s1. The maximum Gasteiger partial charge on any atom is 0.242 e. The van der Waals surface area contributed by atoms with Crippen LogP contribution in [0.25, 0.3) is 0 Å². The van der Waals surface area contributed by atoms with Crippen molar-refractivity contribution >= 4 is 46.5 Å². The van der Waals surface area contributed by atoms with Crippen molar-refractivity contribution in [1.29, 1.82) is 0 Å². The summed E-state index contributed by atoms with van der Waals surface area (Å²) >= 11 is 12.2. The number of carbonyl (C=O) groups excluding carboxylic acids is 2. The molecule has 1 aromatic heterocycles. The van der Waals surface area contributed by atoms with E-state index in [1.165, 1.54) is 0 Å². The van der Waals surface area contributed by atoms with E-state index in [-0.39, 0.29) is 18.2 Å². The van der Waals surface area contributed by atoms with Crippen LogP contribution in [0.3, 0.4) is 0 Å². The maximum absolute atomic E-state index is 13.4. The first-order chi connectivity index (χ1) is 13.9. The fourth-order valence-electron chi connectivity index (χ4n) is 4.31. The molecule has 8 heteroatoms. The van der Waals surface area contributed by atoms with Gasteiger partial charge in [-0.05, 0) is 41.5 Å². The minimum absolute atomic E-state index is 0.0170. The van der Waals surface area contributed by atoms with Gasteiger partial charge in [0.1, 0.15) is 11.2 Å². The highest BCUT2D eigenvalue weighted by Gasteiger charge is 2.56. The average molecular weight is 427 g/mol. The number of likely N-dealkylation sites (N-methyl/N-ethyl adjacent to an activating group) is 1. The normalized spacial score (nSPS) is 20.0. The number of hydrogen-bond acceptors (Lipinski definition) is 3. The summed E-state index contributed by atoms with van der Waals surface area (Å²) in [5.41, 5.74) is 2.03. The molecule has 2 aliphatic heterocycles. The molecule has 6 nitrogen and oxygen atoms in total. The monoisotopic (exact) mass is 426 g/mol. The van der Waals surface area contributed by atoms with E-state index < -0.39 is 5.41 Å². The summed E-state index contributed by atoms with van der Waals surface area (Å²) in [4.78, 5) is 27.7. The summed E-state index contributed by atoms with van der Waals surface area (Å²) in [5, 5.41) is 8.56. The number of hydrogen-bond donors (Lipinski definition) is 1. The lowest BCUT2D eigenvalue weighted by Crippen LogP contribution is -2.45. The molecule has 3 heterocycles. The number of benzene rings is 2. The number of nitrogens with one attached hydrogen (secondary N) is 1. The van der Waals surface area contributed by atoms with E-state index in [1.54, 1.807) is 47.1 Å². The Morgan fingerprint density at radius 1 is 1.07 bits per heavy atom. The molecule has 0 saturated carbocycles. The third kappa shape index (κ3) is 2.59. The van der Waals surface area contributed by atoms with Crippen LogP contribution in [-0.4, -0.2) is 28.6 Å². The van der Waals surface area contributed by atoms with Gasteiger partial charge in [0.15, 0.2) is 0 Å². The predicted molar refractivity (Wildman–Crippen MR) is 112 cm³/mol. The van der Waals surface area contributed by atoms with Crippen LogP contribution in [0.2, 0.25) is 10.0 Å². The first kappa shape index (κ1) is 18.2. The van der Waals surface area contributed by atoms with Gasteiger partial charge in [0.05, 0.1) is 12.7 Å². The van der Waals surface area contributed by atoms with Gasteiger partial charge in [0.25, 0.3) is 0 Å². The number of aromatic nitrogens is 2. The number of halogens is 2. The highest BCUT2D eigenvalue weighted by Crippen LogP contribution is 2.52. The van der Waals surface area contributed by atoms with Crippen molar-refractivity contribution < 1.29 is 9.59 Å². The number of fused-ring (bicyclic) bond motifs is 4. The molecule has 1 N–H and O–H groups in total. The van der Waals surface area contributed by atoms with Crippen LogP contribution < -0.4 is 10.2 Å². The molecule has 0 fully saturated rings. The Hall–Kier alpha value is -2.83. The Balaban J connectivity index is 1.67. The van der Waals surface area contributed by atoms with Crippen molar-refractivity contribution in [2.24, 2.45) is 0 Å². The average Bonchev–Trinajstić information content (AvgIpc) is 3.18. The van der Waals surface area contributed by atoms with Gasteiger partial charge >= 0.3 is 0 Å². The van der Waals surface area contributed by atoms with Crippen molar-refractivity contribution in [3.8, 4) is 0 Å². The van der Waals surface area contributed by atoms with E-state index in [1.807, 2.05) is 18.2 Å². The van der Waals surface area contributed by atoms with E-state index in [4.69, 9.17) is 23.2 Å². The second kappa shape index (κ2) is 6.34. The Bertz CT molecular complexity index is 1170. The SMILES string of the molecule is CN1C(=O)[C@]2(CC(=O)Nc3c2cnn3Cc2ccc(Cl)cc2)c2cc(Cl)ccc21. The Labute approximate surface area is 177 Å². The summed E-state index contributed by atoms with van der Waals surface area (Å²) in [5.74, 6) is 0.146. The van der Waals surface area contributed by atoms with E-state index in [0.29, 0.717) is 28.0 Å². The number of anilines is 2. The van der Waals surface area contributed by atoms with Gasteiger partial charge in [0.2, 0.25) is 11.8 Å². The smallest absolute Gasteiger partial charge is 0.242 e. The van der Waals surface area contributed by atoms with E-state index >= 15 is 0 Å². The summed E-state index contributed by atoms with van der Waals surface area (Å²) in [6.45, 7) is 0.440. The van der Waals surface area contributed by atoms with Gasteiger partial charge in [-0.2, -0.15) is 5.10 Å². The predicted octanol–water partition coefficient (Wildman–Crippen LogP) is 3.84. The molecule has 0 bridgehead atoms. The quantitative estimate of drug-likeness (QED) is 0.676. The third-order valence-corrected chi connectivity index (χ3v) is 6.16. The second-order valence-corrected chi connectivity index (χ2v) is 8.22. The minimum Gasteiger partial charge on any atom is -0.314 e. The van der Waals surface area contributed by atoms with Gasteiger partial charge < -0.3 is 10.2 Å². The van der Waals surface area contributed by atoms with Crippen LogP contribution in [0, 0.1) is 0 Å². The summed E-state index contributed by atoms with van der Waals surface area (Å²) < 4.78 is 1.70. The highest BCUT2D eigenvalue weighted by molar-refractivity contribution is 6.31. The van der Waals surface area contributed by atoms with Crippen LogP contribution >= 0.6 is 23.2 Å². The summed E-state index contributed by atoms with van der Waals surface area (Å²) in [7, 11) is 1.72. The van der Waals surface area contributed by atoms with E-state index in [0.717, 1.165) is 16.8 Å². The van der Waals surface area contributed by atoms with Gasteiger partial charge in [-0.25, -0.2) is 4.68 Å². The molecule has 2 amide bonds. The molecule has 0 aliphatic carbocycles. The van der Waals surface area contributed by atoms with Crippen molar-refractivity contribution in [3.63, 3.8) is 0 Å². The maximum atomic E-state index is 13.4. The molecule has 1 atom stereocenters. The second-order valence-electron chi connectivity index (χ2n) is 7.35. The van der Waals surface area contributed by atoms with Crippen LogP contribution in [0.4, 0.5) is 11.5 Å². The van der Waals surface area contributed by atoms with Crippen molar-refractivity contribution in [2.45, 2.75) is 18.4 Å². The first-order valence-electron chi connectivity index (χ1n) is 9.09. The molecule has 1 spiro atoms. The van der Waals surface area contributed by atoms with Gasteiger partial charge in [-0.15, -0.1) is 0 Å². The van der Waals surface area contributed by atoms with Crippen molar-refractivity contribution in [3.05, 3.63) is 75.4 Å². The zero-order valence-corrected chi connectivity index (χ0v) is 17.0. The van der Waals surface area contributed by atoms with E-state index in [9.17, 15) is 9.59 Å². The molecule has 146 valence electrons. The van der Waals surface area contributed by atoms with Gasteiger partial charge in [-0.3, -0.25) is 9.59 Å². The first-order valence-corrected chi connectivity index (χ1v) is 9.84. The third-order valence-electron chi connectivity index (χ3n) is 5.68. The fourth-order valence-corrected chi connectivity index (χ4v) is 4.61. The summed E-state index contributed by atoms with van der Waals surface area (Å²) in [6.07, 6.45) is 1.69. The van der Waals surface area contributed by atoms with E-state index in [2.05, 4.69) is 10.4 Å². The highest BCUT2D eigenvalue weighted by atomic mass is 35.5. The fraction of sp³-hybridized carbons (Fsp3) is 0.190. The topological polar surface area (TPSA) is 67.2 Å². The molecular weight excluding hydrogens is 411 g/mol. The molecule has 29 heavy (non-hydrogen) atoms. The van der Waals surface area contributed by atoms with Crippen LogP contribution in [0.15, 0.2) is 48.7 Å². The molecule has 5 rings (SSSR count). The Morgan fingerprint density at radius 3 is 2.55 bits per heavy atom. The molecule has 0 unspecified atom stereocenters. The number of amides is 2. The van der Waals surface area contributed by atoms with Crippen LogP contribution in [-0.2, 0) is 21.5 Å². The van der Waals surface area contributed by atoms with Crippen molar-refractivity contribution in [2.75, 3.05) is 17.3 Å². The lowest BCUT2D eigenvalue weighted by molar-refractivity contribution is -0.126. The zero-order valence-electron chi connectivity index (χ0n) is 15.4. The van der Waals surface area contributed by atoms with Gasteiger partial charge in [-0.1, -0.05) is 35.3 Å². The molecule has 2 aliphatic rings. The van der Waals surface area contributed by atoms with Crippen LogP contribution in [0.1, 0.15) is 23.1 Å². The molecule has 0 saturated heterocycles. The molecule has 2 aromatic carbocycles. The lowest BCUT2D eigenvalue weighted by atomic mass is 9.72. The number of nitrogens with zero attached hydrogens (tertiary/aromatic N) is 3. The summed E-state index contributed by atoms with van der Waals surface area (Å²) in [6, 6.07) is 12.8. The number of carbonyl (C=O) groups is 2. The van der Waals surface area contributed by atoms with Crippen LogP contribution in [0.5, 0.6) is 0 Å². The molecular formula is C21H16Cl2N4O2. The zero-order chi connectivity index (χ0) is 20.3.